The summed E-state index contributed by atoms with van der Waals surface area (Å²) in [6, 6.07) is 10.4. The van der Waals surface area contributed by atoms with Crippen LogP contribution in [0.5, 0.6) is 11.5 Å². The van der Waals surface area contributed by atoms with Crippen molar-refractivity contribution in [1.29, 1.82) is 0 Å². The smallest absolute Gasteiger partial charge is 0.416 e. The van der Waals surface area contributed by atoms with Crippen molar-refractivity contribution in [3.05, 3.63) is 70.8 Å². The van der Waals surface area contributed by atoms with Crippen molar-refractivity contribution < 1.29 is 27.4 Å². The molecule has 154 valence electrons. The van der Waals surface area contributed by atoms with Crippen LogP contribution >= 0.6 is 0 Å². The number of carbonyl (C=O) groups excluding carboxylic acids is 1. The predicted molar refractivity (Wildman–Crippen MR) is 100 cm³/mol. The van der Waals surface area contributed by atoms with Gasteiger partial charge in [-0.05, 0) is 42.5 Å². The number of nitrogens with one attached hydrogen (secondary N) is 1. The Balaban J connectivity index is 1.45. The number of aromatic nitrogens is 2. The molecule has 1 aromatic heterocycles. The monoisotopic (exact) mass is 417 g/mol. The molecular formula is C20H14F3N3O4. The minimum absolute atomic E-state index is 0.127. The molecule has 0 fully saturated rings. The molecule has 3 aromatic rings. The lowest BCUT2D eigenvalue weighted by molar-refractivity contribution is -0.137. The maximum Gasteiger partial charge on any atom is 0.416 e. The lowest BCUT2D eigenvalue weighted by Gasteiger charge is -2.10. The lowest BCUT2D eigenvalue weighted by atomic mass is 10.1. The number of carbonyl (C=O) groups is 1. The topological polar surface area (TPSA) is 82.5 Å². The van der Waals surface area contributed by atoms with Gasteiger partial charge in [0.1, 0.15) is 6.54 Å². The minimum Gasteiger partial charge on any atom is -0.454 e. The van der Waals surface area contributed by atoms with E-state index in [1.54, 1.807) is 18.2 Å². The number of rotatable bonds is 4. The fourth-order valence-electron chi connectivity index (χ4n) is 2.86. The van der Waals surface area contributed by atoms with E-state index >= 15 is 0 Å². The third-order valence-electron chi connectivity index (χ3n) is 4.36. The van der Waals surface area contributed by atoms with Crippen LogP contribution in [0, 0.1) is 0 Å². The van der Waals surface area contributed by atoms with Gasteiger partial charge >= 0.3 is 6.18 Å². The number of benzene rings is 2. The number of ether oxygens (including phenoxy) is 2. The second-order valence-electron chi connectivity index (χ2n) is 6.43. The van der Waals surface area contributed by atoms with Crippen LogP contribution in [0.1, 0.15) is 5.56 Å². The van der Waals surface area contributed by atoms with E-state index in [9.17, 15) is 22.8 Å². The van der Waals surface area contributed by atoms with Crippen molar-refractivity contribution in [2.75, 3.05) is 12.1 Å². The molecular weight excluding hydrogens is 403 g/mol. The molecule has 7 nitrogen and oxygen atoms in total. The summed E-state index contributed by atoms with van der Waals surface area (Å²) in [5.74, 6) is 0.580. The molecule has 0 radical (unpaired) electrons. The van der Waals surface area contributed by atoms with Crippen molar-refractivity contribution in [3.8, 4) is 22.8 Å². The highest BCUT2D eigenvalue weighted by atomic mass is 19.4. The van der Waals surface area contributed by atoms with Crippen molar-refractivity contribution in [1.82, 2.24) is 9.55 Å². The largest absolute Gasteiger partial charge is 0.454 e. The van der Waals surface area contributed by atoms with E-state index in [0.29, 0.717) is 22.8 Å². The zero-order chi connectivity index (χ0) is 21.3. The molecule has 0 bridgehead atoms. The maximum atomic E-state index is 12.6. The number of hydrogen-bond acceptors (Lipinski definition) is 5. The van der Waals surface area contributed by atoms with Crippen LogP contribution in [0.3, 0.4) is 0 Å². The minimum atomic E-state index is -4.46. The Morgan fingerprint density at radius 1 is 1.07 bits per heavy atom. The van der Waals surface area contributed by atoms with Gasteiger partial charge in [-0.25, -0.2) is 4.98 Å². The summed E-state index contributed by atoms with van der Waals surface area (Å²) >= 11 is 0. The Bertz CT molecular complexity index is 1160. The second kappa shape index (κ2) is 7.54. The molecule has 4 rings (SSSR count). The Morgan fingerprint density at radius 3 is 2.50 bits per heavy atom. The quantitative estimate of drug-likeness (QED) is 0.705. The van der Waals surface area contributed by atoms with Crippen LogP contribution in [0.2, 0.25) is 0 Å². The molecule has 1 aliphatic rings. The summed E-state index contributed by atoms with van der Waals surface area (Å²) in [5, 5.41) is 2.45. The van der Waals surface area contributed by atoms with E-state index in [1.165, 1.54) is 12.4 Å². The summed E-state index contributed by atoms with van der Waals surface area (Å²) in [7, 11) is 0. The van der Waals surface area contributed by atoms with Gasteiger partial charge in [-0.15, -0.1) is 0 Å². The van der Waals surface area contributed by atoms with Gasteiger partial charge in [0, 0.05) is 17.3 Å². The highest BCUT2D eigenvalue weighted by molar-refractivity contribution is 5.90. The van der Waals surface area contributed by atoms with E-state index < -0.39 is 23.2 Å². The molecule has 10 heteroatoms. The van der Waals surface area contributed by atoms with Crippen molar-refractivity contribution in [3.63, 3.8) is 0 Å². The molecule has 0 atom stereocenters. The van der Waals surface area contributed by atoms with Gasteiger partial charge < -0.3 is 14.8 Å². The fourth-order valence-corrected chi connectivity index (χ4v) is 2.86. The second-order valence-corrected chi connectivity index (χ2v) is 6.43. The van der Waals surface area contributed by atoms with Gasteiger partial charge in [-0.3, -0.25) is 14.2 Å². The van der Waals surface area contributed by atoms with Gasteiger partial charge in [0.05, 0.1) is 17.6 Å². The van der Waals surface area contributed by atoms with E-state index in [2.05, 4.69) is 10.3 Å². The SMILES string of the molecule is O=C(Cn1cnc(-c2ccc3c(c2)OCO3)cc1=O)Nc1ccc(C(F)(F)F)cc1. The number of fused-ring (bicyclic) bond motifs is 1. The Hall–Kier alpha value is -3.82. The third-order valence-corrected chi connectivity index (χ3v) is 4.36. The Kier molecular flexibility index (Phi) is 4.90. The van der Waals surface area contributed by atoms with E-state index in [-0.39, 0.29) is 19.0 Å². The molecule has 2 heterocycles. The zero-order valence-corrected chi connectivity index (χ0v) is 15.3. The molecule has 1 N–H and O–H groups in total. The van der Waals surface area contributed by atoms with Gasteiger partial charge in [-0.2, -0.15) is 13.2 Å². The maximum absolute atomic E-state index is 12.6. The first-order valence-electron chi connectivity index (χ1n) is 8.73. The molecule has 0 unspecified atom stereocenters. The van der Waals surface area contributed by atoms with Crippen LogP contribution in [0.15, 0.2) is 59.7 Å². The molecule has 0 aliphatic carbocycles. The summed E-state index contributed by atoms with van der Waals surface area (Å²) in [4.78, 5) is 28.7. The summed E-state index contributed by atoms with van der Waals surface area (Å²) in [6.45, 7) is -0.212. The van der Waals surface area contributed by atoms with E-state index in [1.807, 2.05) is 0 Å². The first-order chi connectivity index (χ1) is 14.3. The Labute approximate surface area is 167 Å². The Morgan fingerprint density at radius 2 is 1.80 bits per heavy atom. The first-order valence-corrected chi connectivity index (χ1v) is 8.73. The van der Waals surface area contributed by atoms with Crippen LogP contribution in [0.4, 0.5) is 18.9 Å². The van der Waals surface area contributed by atoms with Crippen LogP contribution < -0.4 is 20.3 Å². The number of alkyl halides is 3. The highest BCUT2D eigenvalue weighted by Gasteiger charge is 2.30. The molecule has 1 aliphatic heterocycles. The fraction of sp³-hybridized carbons (Fsp3) is 0.150. The van der Waals surface area contributed by atoms with Gasteiger partial charge in [0.25, 0.3) is 5.56 Å². The van der Waals surface area contributed by atoms with Crippen LogP contribution in [-0.4, -0.2) is 22.3 Å². The first kappa shape index (κ1) is 19.5. The summed E-state index contributed by atoms with van der Waals surface area (Å²) in [6.07, 6.45) is -3.23. The van der Waals surface area contributed by atoms with Gasteiger partial charge in [-0.1, -0.05) is 0 Å². The van der Waals surface area contributed by atoms with Crippen LogP contribution in [-0.2, 0) is 17.5 Å². The molecule has 1 amide bonds. The zero-order valence-electron chi connectivity index (χ0n) is 15.3. The highest BCUT2D eigenvalue weighted by Crippen LogP contribution is 2.35. The standard InChI is InChI=1S/C20H14F3N3O4/c21-20(22,23)13-2-4-14(5-3-13)25-18(27)9-26-10-24-15(8-19(26)28)12-1-6-16-17(7-12)30-11-29-16/h1-8,10H,9,11H2,(H,25,27). The van der Waals surface area contributed by atoms with E-state index in [0.717, 1.165) is 28.8 Å². The predicted octanol–water partition coefficient (Wildman–Crippen LogP) is 3.30. The van der Waals surface area contributed by atoms with Crippen LogP contribution in [0.25, 0.3) is 11.3 Å². The number of amides is 1. The van der Waals surface area contributed by atoms with Crippen molar-refractivity contribution >= 4 is 11.6 Å². The average molecular weight is 417 g/mol. The number of hydrogen-bond donors (Lipinski definition) is 1. The van der Waals surface area contributed by atoms with E-state index in [4.69, 9.17) is 9.47 Å². The molecule has 0 spiro atoms. The molecule has 30 heavy (non-hydrogen) atoms. The average Bonchev–Trinajstić information content (AvgIpc) is 3.17. The normalized spacial score (nSPS) is 12.6. The molecule has 0 saturated heterocycles. The summed E-state index contributed by atoms with van der Waals surface area (Å²) < 4.78 is 49.4. The van der Waals surface area contributed by atoms with Crippen molar-refractivity contribution in [2.24, 2.45) is 0 Å². The third kappa shape index (κ3) is 4.12. The summed E-state index contributed by atoms with van der Waals surface area (Å²) in [5.41, 5.74) is -0.0401. The number of anilines is 1. The molecule has 2 aromatic carbocycles. The van der Waals surface area contributed by atoms with Gasteiger partial charge in [0.2, 0.25) is 12.7 Å². The molecule has 0 saturated carbocycles. The number of halogens is 3. The van der Waals surface area contributed by atoms with Crippen molar-refractivity contribution in [2.45, 2.75) is 12.7 Å². The van der Waals surface area contributed by atoms with Gasteiger partial charge in [0.15, 0.2) is 11.5 Å². The lowest BCUT2D eigenvalue weighted by Crippen LogP contribution is -2.27. The number of nitrogens with zero attached hydrogens (tertiary/aromatic N) is 2.